The minimum absolute atomic E-state index is 0.159. The van der Waals surface area contributed by atoms with Crippen LogP contribution >= 0.6 is 23.1 Å². The number of methoxy groups -OCH3 is 2. The number of aromatic amines is 1. The molecule has 0 spiro atoms. The van der Waals surface area contributed by atoms with Crippen molar-refractivity contribution in [1.29, 1.82) is 0 Å². The van der Waals surface area contributed by atoms with Gasteiger partial charge in [-0.25, -0.2) is 9.97 Å². The standard InChI is InChI=1S/C22H22N4O4S2/c1-4-30-14-6-8-16-17(9-14)24-21(23-16)32-12-20(27)26-22-25-18(11-31-22)15-7-5-13(28-2)10-19(15)29-3/h5-11H,4,12H2,1-3H3,(H,23,24)(H,25,26,27). The smallest absolute Gasteiger partial charge is 0.236 e. The van der Waals surface area contributed by atoms with Gasteiger partial charge in [0.1, 0.15) is 17.2 Å². The molecule has 1 amide bonds. The van der Waals surface area contributed by atoms with Crippen molar-refractivity contribution in [3.63, 3.8) is 0 Å². The Morgan fingerprint density at radius 3 is 2.75 bits per heavy atom. The average molecular weight is 471 g/mol. The summed E-state index contributed by atoms with van der Waals surface area (Å²) in [4.78, 5) is 24.7. The lowest BCUT2D eigenvalue weighted by atomic mass is 10.1. The molecular weight excluding hydrogens is 448 g/mol. The summed E-state index contributed by atoms with van der Waals surface area (Å²) >= 11 is 2.69. The quantitative estimate of drug-likeness (QED) is 0.338. The molecule has 4 aromatic rings. The molecule has 0 fully saturated rings. The normalized spacial score (nSPS) is 10.8. The van der Waals surface area contributed by atoms with Gasteiger partial charge in [0.05, 0.1) is 43.3 Å². The summed E-state index contributed by atoms with van der Waals surface area (Å²) in [5.41, 5.74) is 3.25. The van der Waals surface area contributed by atoms with Gasteiger partial charge in [-0.3, -0.25) is 4.79 Å². The Morgan fingerprint density at radius 2 is 1.97 bits per heavy atom. The molecule has 166 valence electrons. The number of imidazole rings is 1. The maximum atomic E-state index is 12.4. The molecule has 2 N–H and O–H groups in total. The van der Waals surface area contributed by atoms with E-state index in [1.807, 2.05) is 42.6 Å². The predicted molar refractivity (Wildman–Crippen MR) is 127 cm³/mol. The van der Waals surface area contributed by atoms with E-state index in [9.17, 15) is 4.79 Å². The molecule has 0 bridgehead atoms. The number of aromatic nitrogens is 3. The number of anilines is 1. The maximum Gasteiger partial charge on any atom is 0.236 e. The Morgan fingerprint density at radius 1 is 1.12 bits per heavy atom. The molecule has 2 aromatic carbocycles. The zero-order valence-electron chi connectivity index (χ0n) is 17.8. The first-order chi connectivity index (χ1) is 15.6. The maximum absolute atomic E-state index is 12.4. The molecule has 0 saturated carbocycles. The lowest BCUT2D eigenvalue weighted by Gasteiger charge is -2.08. The van der Waals surface area contributed by atoms with E-state index in [2.05, 4.69) is 20.3 Å². The van der Waals surface area contributed by atoms with E-state index in [-0.39, 0.29) is 11.7 Å². The molecule has 0 aliphatic carbocycles. The van der Waals surface area contributed by atoms with Crippen molar-refractivity contribution in [2.75, 3.05) is 31.9 Å². The van der Waals surface area contributed by atoms with Gasteiger partial charge in [-0.1, -0.05) is 11.8 Å². The fourth-order valence-electron chi connectivity index (χ4n) is 3.04. The Kier molecular flexibility index (Phi) is 6.81. The van der Waals surface area contributed by atoms with Crippen molar-refractivity contribution in [3.05, 3.63) is 41.8 Å². The highest BCUT2D eigenvalue weighted by Gasteiger charge is 2.14. The molecule has 0 unspecified atom stereocenters. The molecule has 10 heteroatoms. The number of nitrogens with one attached hydrogen (secondary N) is 2. The monoisotopic (exact) mass is 470 g/mol. The fourth-order valence-corrected chi connectivity index (χ4v) is 4.46. The molecule has 0 aliphatic heterocycles. The Bertz CT molecular complexity index is 1240. The van der Waals surface area contributed by atoms with Crippen LogP contribution in [-0.2, 0) is 4.79 Å². The summed E-state index contributed by atoms with van der Waals surface area (Å²) in [6.07, 6.45) is 0. The molecule has 4 rings (SSSR count). The summed E-state index contributed by atoms with van der Waals surface area (Å²) in [6.45, 7) is 2.54. The SMILES string of the molecule is CCOc1ccc2nc(SCC(=O)Nc3nc(-c4ccc(OC)cc4OC)cs3)[nH]c2c1. The molecule has 0 radical (unpaired) electrons. The number of ether oxygens (including phenoxy) is 3. The van der Waals surface area contributed by atoms with E-state index < -0.39 is 0 Å². The number of thioether (sulfide) groups is 1. The summed E-state index contributed by atoms with van der Waals surface area (Å²) in [5.74, 6) is 2.18. The summed E-state index contributed by atoms with van der Waals surface area (Å²) in [7, 11) is 3.20. The number of carbonyl (C=O) groups excluding carboxylic acids is 1. The van der Waals surface area contributed by atoms with Gasteiger partial charge in [0.15, 0.2) is 10.3 Å². The predicted octanol–water partition coefficient (Wildman–Crippen LogP) is 4.83. The number of H-pyrrole nitrogens is 1. The Labute approximate surface area is 193 Å². The second kappa shape index (κ2) is 9.92. The van der Waals surface area contributed by atoms with Gasteiger partial charge in [0.2, 0.25) is 5.91 Å². The second-order valence-electron chi connectivity index (χ2n) is 6.59. The number of hydrogen-bond acceptors (Lipinski definition) is 8. The highest BCUT2D eigenvalue weighted by molar-refractivity contribution is 7.99. The Balaban J connectivity index is 1.38. The molecule has 0 aliphatic rings. The van der Waals surface area contributed by atoms with Gasteiger partial charge >= 0.3 is 0 Å². The average Bonchev–Trinajstić information content (AvgIpc) is 3.43. The minimum atomic E-state index is -0.159. The van der Waals surface area contributed by atoms with E-state index in [0.29, 0.717) is 28.4 Å². The highest BCUT2D eigenvalue weighted by atomic mass is 32.2. The first-order valence-corrected chi connectivity index (χ1v) is 11.7. The van der Waals surface area contributed by atoms with E-state index >= 15 is 0 Å². The summed E-state index contributed by atoms with van der Waals surface area (Å²) in [6, 6.07) is 11.2. The van der Waals surface area contributed by atoms with E-state index in [1.165, 1.54) is 23.1 Å². The molecule has 0 saturated heterocycles. The van der Waals surface area contributed by atoms with Crippen molar-refractivity contribution in [1.82, 2.24) is 15.0 Å². The topological polar surface area (TPSA) is 98.4 Å². The number of nitrogens with zero attached hydrogens (tertiary/aromatic N) is 2. The van der Waals surface area contributed by atoms with Crippen LogP contribution in [0.15, 0.2) is 46.9 Å². The van der Waals surface area contributed by atoms with Gasteiger partial charge in [-0.05, 0) is 31.2 Å². The molecule has 2 aromatic heterocycles. The molecule has 8 nitrogen and oxygen atoms in total. The van der Waals surface area contributed by atoms with Gasteiger partial charge < -0.3 is 24.5 Å². The zero-order chi connectivity index (χ0) is 22.5. The van der Waals surface area contributed by atoms with Crippen LogP contribution in [0.1, 0.15) is 6.92 Å². The number of hydrogen-bond donors (Lipinski definition) is 2. The molecule has 32 heavy (non-hydrogen) atoms. The van der Waals surface area contributed by atoms with Crippen molar-refractivity contribution in [2.45, 2.75) is 12.1 Å². The van der Waals surface area contributed by atoms with Crippen LogP contribution in [0.3, 0.4) is 0 Å². The van der Waals surface area contributed by atoms with Crippen molar-refractivity contribution in [2.24, 2.45) is 0 Å². The number of amides is 1. The Hall–Kier alpha value is -3.24. The number of fused-ring (bicyclic) bond motifs is 1. The van der Waals surface area contributed by atoms with Crippen LogP contribution in [0.4, 0.5) is 5.13 Å². The van der Waals surface area contributed by atoms with E-state index in [0.717, 1.165) is 28.0 Å². The largest absolute Gasteiger partial charge is 0.497 e. The van der Waals surface area contributed by atoms with Crippen molar-refractivity contribution in [3.8, 4) is 28.5 Å². The van der Waals surface area contributed by atoms with Crippen LogP contribution in [0.25, 0.3) is 22.3 Å². The summed E-state index contributed by atoms with van der Waals surface area (Å²) in [5, 5.41) is 5.92. The van der Waals surface area contributed by atoms with Gasteiger partial charge in [-0.15, -0.1) is 11.3 Å². The van der Waals surface area contributed by atoms with Crippen molar-refractivity contribution < 1.29 is 19.0 Å². The van der Waals surface area contributed by atoms with Crippen molar-refractivity contribution >= 4 is 45.2 Å². The highest BCUT2D eigenvalue weighted by Crippen LogP contribution is 2.35. The number of carbonyl (C=O) groups is 1. The fraction of sp³-hybridized carbons (Fsp3) is 0.227. The van der Waals surface area contributed by atoms with Crippen LogP contribution in [-0.4, -0.2) is 47.4 Å². The third kappa shape index (κ3) is 4.97. The van der Waals surface area contributed by atoms with E-state index in [4.69, 9.17) is 14.2 Å². The number of thiazole rings is 1. The third-order valence-electron chi connectivity index (χ3n) is 4.52. The first kappa shape index (κ1) is 22.0. The minimum Gasteiger partial charge on any atom is -0.497 e. The van der Waals surface area contributed by atoms with Gasteiger partial charge in [0.25, 0.3) is 0 Å². The molecule has 2 heterocycles. The zero-order valence-corrected chi connectivity index (χ0v) is 19.4. The van der Waals surface area contributed by atoms with Crippen LogP contribution in [0.2, 0.25) is 0 Å². The van der Waals surface area contributed by atoms with Crippen LogP contribution < -0.4 is 19.5 Å². The lowest BCUT2D eigenvalue weighted by molar-refractivity contribution is -0.113. The van der Waals surface area contributed by atoms with Gasteiger partial charge in [0, 0.05) is 23.1 Å². The van der Waals surface area contributed by atoms with Crippen LogP contribution in [0, 0.1) is 0 Å². The number of benzene rings is 2. The molecular formula is C22H22N4O4S2. The lowest BCUT2D eigenvalue weighted by Crippen LogP contribution is -2.13. The third-order valence-corrected chi connectivity index (χ3v) is 6.15. The second-order valence-corrected chi connectivity index (χ2v) is 8.42. The molecule has 0 atom stereocenters. The van der Waals surface area contributed by atoms with Gasteiger partial charge in [-0.2, -0.15) is 0 Å². The van der Waals surface area contributed by atoms with E-state index in [1.54, 1.807) is 20.3 Å². The number of rotatable bonds is 9. The van der Waals surface area contributed by atoms with Crippen LogP contribution in [0.5, 0.6) is 17.2 Å². The first-order valence-electron chi connectivity index (χ1n) is 9.82. The summed E-state index contributed by atoms with van der Waals surface area (Å²) < 4.78 is 16.2.